The molecule has 0 aromatic heterocycles. The number of rotatable bonds is 0. The largest absolute Gasteiger partial charge is 0.122 e. The minimum absolute atomic E-state index is 0. The maximum absolute atomic E-state index is 2.12. The number of hydrogen-bond donors (Lipinski definition) is 0. The summed E-state index contributed by atoms with van der Waals surface area (Å²) in [5.41, 5.74) is 0. The van der Waals surface area contributed by atoms with Crippen LogP contribution >= 0.6 is 23.5 Å². The molecule has 0 spiro atoms. The van der Waals surface area contributed by atoms with Gasteiger partial charge in [0, 0.05) is 56.5 Å². The SMILES string of the molecule is C1=CSCS1.[K]. The van der Waals surface area contributed by atoms with E-state index in [0.29, 0.717) is 0 Å². The first-order valence-electron chi connectivity index (χ1n) is 1.38. The summed E-state index contributed by atoms with van der Waals surface area (Å²) in [6.07, 6.45) is 0. The van der Waals surface area contributed by atoms with Gasteiger partial charge in [-0.15, -0.1) is 23.5 Å². The van der Waals surface area contributed by atoms with Gasteiger partial charge in [0.05, 0.1) is 0 Å². The second-order valence-electron chi connectivity index (χ2n) is 0.723. The summed E-state index contributed by atoms with van der Waals surface area (Å²) in [5.74, 6) is 0. The maximum Gasteiger partial charge on any atom is 0.0475 e. The van der Waals surface area contributed by atoms with Crippen molar-refractivity contribution >= 4 is 74.9 Å². The van der Waals surface area contributed by atoms with Crippen molar-refractivity contribution in [3.63, 3.8) is 0 Å². The predicted molar refractivity (Wildman–Crippen MR) is 34.9 cm³/mol. The molecule has 0 atom stereocenters. The van der Waals surface area contributed by atoms with E-state index in [2.05, 4.69) is 10.8 Å². The predicted octanol–water partition coefficient (Wildman–Crippen LogP) is 1.51. The molecule has 1 heterocycles. The van der Waals surface area contributed by atoms with E-state index in [4.69, 9.17) is 0 Å². The zero-order valence-corrected chi connectivity index (χ0v) is 8.43. The molecule has 0 fully saturated rings. The van der Waals surface area contributed by atoms with Crippen LogP contribution in [0.3, 0.4) is 0 Å². The van der Waals surface area contributed by atoms with Crippen molar-refractivity contribution in [1.29, 1.82) is 0 Å². The summed E-state index contributed by atoms with van der Waals surface area (Å²) < 4.78 is 0. The Hall–Kier alpha value is 2.08. The van der Waals surface area contributed by atoms with Gasteiger partial charge in [0.25, 0.3) is 0 Å². The minimum Gasteiger partial charge on any atom is -0.122 e. The van der Waals surface area contributed by atoms with Gasteiger partial charge in [-0.3, -0.25) is 0 Å². The average Bonchev–Trinajstić information content (AvgIpc) is 1.76. The normalized spacial score (nSPS) is 17.3. The second-order valence-corrected chi connectivity index (χ2v) is 2.88. The first-order chi connectivity index (χ1) is 2.50. The first kappa shape index (κ1) is 8.08. The molecule has 3 heteroatoms. The van der Waals surface area contributed by atoms with Crippen LogP contribution in [-0.4, -0.2) is 56.5 Å². The van der Waals surface area contributed by atoms with Gasteiger partial charge in [0.1, 0.15) is 0 Å². The van der Waals surface area contributed by atoms with E-state index in [9.17, 15) is 0 Å². The van der Waals surface area contributed by atoms with Crippen LogP contribution in [0.5, 0.6) is 0 Å². The van der Waals surface area contributed by atoms with Crippen LogP contribution in [0.2, 0.25) is 0 Å². The quantitative estimate of drug-likeness (QED) is 0.472. The molecule has 1 rings (SSSR count). The average molecular weight is 143 g/mol. The van der Waals surface area contributed by atoms with E-state index in [1.54, 1.807) is 0 Å². The monoisotopic (exact) mass is 143 g/mol. The molecule has 29 valence electrons. The van der Waals surface area contributed by atoms with E-state index in [1.807, 2.05) is 23.5 Å². The molecule has 0 saturated carbocycles. The molecule has 6 heavy (non-hydrogen) atoms. The van der Waals surface area contributed by atoms with Crippen molar-refractivity contribution in [2.75, 3.05) is 5.08 Å². The third-order valence-corrected chi connectivity index (χ3v) is 2.30. The number of hydrogen-bond acceptors (Lipinski definition) is 2. The van der Waals surface area contributed by atoms with E-state index >= 15 is 0 Å². The molecule has 1 aliphatic heterocycles. The number of thioether (sulfide) groups is 2. The van der Waals surface area contributed by atoms with Gasteiger partial charge in [-0.05, 0) is 10.8 Å². The molecule has 0 N–H and O–H groups in total. The molecule has 0 aromatic rings. The molecule has 0 aliphatic carbocycles. The smallest absolute Gasteiger partial charge is 0.0475 e. The molecular formula is C3H4KS2. The summed E-state index contributed by atoms with van der Waals surface area (Å²) in [6, 6.07) is 0. The Morgan fingerprint density at radius 2 is 1.67 bits per heavy atom. The van der Waals surface area contributed by atoms with Crippen LogP contribution < -0.4 is 0 Å². The summed E-state index contributed by atoms with van der Waals surface area (Å²) >= 11 is 3.71. The molecule has 0 amide bonds. The topological polar surface area (TPSA) is 0 Å². The summed E-state index contributed by atoms with van der Waals surface area (Å²) in [4.78, 5) is 0. The van der Waals surface area contributed by atoms with Crippen molar-refractivity contribution in [3.05, 3.63) is 10.8 Å². The molecule has 0 saturated heterocycles. The second kappa shape index (κ2) is 5.22. The molecule has 0 nitrogen and oxygen atoms in total. The molecule has 0 unspecified atom stereocenters. The Morgan fingerprint density at radius 3 is 1.83 bits per heavy atom. The maximum atomic E-state index is 2.12. The minimum atomic E-state index is 0. The molecule has 0 bridgehead atoms. The van der Waals surface area contributed by atoms with Gasteiger partial charge in [-0.2, -0.15) is 0 Å². The van der Waals surface area contributed by atoms with Gasteiger partial charge in [-0.25, -0.2) is 0 Å². The molecule has 1 aliphatic rings. The van der Waals surface area contributed by atoms with Crippen LogP contribution in [0, 0.1) is 0 Å². The van der Waals surface area contributed by atoms with Gasteiger partial charge in [0.15, 0.2) is 0 Å². The summed E-state index contributed by atoms with van der Waals surface area (Å²) in [5, 5.41) is 5.45. The Labute approximate surface area is 88.9 Å². The van der Waals surface area contributed by atoms with E-state index in [0.717, 1.165) is 0 Å². The van der Waals surface area contributed by atoms with Crippen LogP contribution in [0.15, 0.2) is 10.8 Å². The van der Waals surface area contributed by atoms with Crippen LogP contribution in [0.4, 0.5) is 0 Å². The van der Waals surface area contributed by atoms with E-state index in [1.165, 1.54) is 5.08 Å². The summed E-state index contributed by atoms with van der Waals surface area (Å²) in [7, 11) is 0. The van der Waals surface area contributed by atoms with Crippen molar-refractivity contribution in [3.8, 4) is 0 Å². The molecule has 0 aromatic carbocycles. The fourth-order valence-corrected chi connectivity index (χ4v) is 1.77. The Kier molecular flexibility index (Phi) is 7.02. The Morgan fingerprint density at radius 1 is 1.17 bits per heavy atom. The Bertz CT molecular complexity index is 46.8. The van der Waals surface area contributed by atoms with Gasteiger partial charge < -0.3 is 0 Å². The van der Waals surface area contributed by atoms with Crippen LogP contribution in [0.25, 0.3) is 0 Å². The van der Waals surface area contributed by atoms with Crippen LogP contribution in [0.1, 0.15) is 0 Å². The third-order valence-electron chi connectivity index (χ3n) is 0.384. The van der Waals surface area contributed by atoms with Gasteiger partial charge in [0.2, 0.25) is 0 Å². The molecule has 1 radical (unpaired) electrons. The standard InChI is InChI=1S/C3H4S2.K/c1-2-5-3-4-1;/h1-2H,3H2;. The van der Waals surface area contributed by atoms with Crippen molar-refractivity contribution in [2.24, 2.45) is 0 Å². The van der Waals surface area contributed by atoms with Crippen molar-refractivity contribution < 1.29 is 0 Å². The molecular weight excluding hydrogens is 139 g/mol. The fraction of sp³-hybridized carbons (Fsp3) is 0.333. The Balaban J connectivity index is 0.000000250. The third kappa shape index (κ3) is 3.13. The van der Waals surface area contributed by atoms with Crippen molar-refractivity contribution in [2.45, 2.75) is 0 Å². The zero-order chi connectivity index (χ0) is 3.54. The van der Waals surface area contributed by atoms with E-state index < -0.39 is 0 Å². The van der Waals surface area contributed by atoms with Crippen LogP contribution in [-0.2, 0) is 0 Å². The van der Waals surface area contributed by atoms with E-state index in [-0.39, 0.29) is 51.4 Å². The first-order valence-corrected chi connectivity index (χ1v) is 3.48. The fourth-order valence-electron chi connectivity index (χ4n) is 0.196. The van der Waals surface area contributed by atoms with Gasteiger partial charge >= 0.3 is 0 Å². The zero-order valence-electron chi connectivity index (χ0n) is 3.68. The van der Waals surface area contributed by atoms with Crippen molar-refractivity contribution in [1.82, 2.24) is 0 Å². The summed E-state index contributed by atoms with van der Waals surface area (Å²) in [6.45, 7) is 0. The van der Waals surface area contributed by atoms with Gasteiger partial charge in [-0.1, -0.05) is 0 Å².